The quantitative estimate of drug-likeness (QED) is 0.652. The summed E-state index contributed by atoms with van der Waals surface area (Å²) in [5, 5.41) is 12.0. The number of anilines is 1. The van der Waals surface area contributed by atoms with Crippen LogP contribution in [0.4, 0.5) is 5.82 Å². The number of aromatic amines is 1. The van der Waals surface area contributed by atoms with E-state index in [1.165, 1.54) is 0 Å². The van der Waals surface area contributed by atoms with Gasteiger partial charge < -0.3 is 4.90 Å². The Morgan fingerprint density at radius 3 is 3.20 bits per heavy atom. The van der Waals surface area contributed by atoms with Gasteiger partial charge in [-0.2, -0.15) is 0 Å². The minimum Gasteiger partial charge on any atom is -0.314 e. The van der Waals surface area contributed by atoms with Crippen molar-refractivity contribution in [2.45, 2.75) is 0 Å². The minimum absolute atomic E-state index is 0.821. The zero-order valence-corrected chi connectivity index (χ0v) is 5.88. The van der Waals surface area contributed by atoms with Crippen LogP contribution < -0.4 is 4.90 Å². The van der Waals surface area contributed by atoms with Gasteiger partial charge in [0, 0.05) is 6.20 Å². The second kappa shape index (κ2) is 2.34. The molecule has 0 amide bonds. The molecule has 0 saturated heterocycles. The molecule has 2 heterocycles. The average Bonchev–Trinajstić information content (AvgIpc) is 2.59. The first-order valence-corrected chi connectivity index (χ1v) is 3.71. The summed E-state index contributed by atoms with van der Waals surface area (Å²) in [6.07, 6.45) is 3.68. The van der Waals surface area contributed by atoms with Crippen LogP contribution in [0.1, 0.15) is 0 Å². The molecule has 1 aliphatic rings. The summed E-state index contributed by atoms with van der Waals surface area (Å²) in [6, 6.07) is 0. The van der Waals surface area contributed by atoms with E-state index in [4.69, 9.17) is 0 Å². The number of hydrogen-bond acceptors (Lipinski definition) is 4. The zero-order valence-electron chi connectivity index (χ0n) is 5.06. The van der Waals surface area contributed by atoms with Gasteiger partial charge in [-0.15, -0.1) is 16.9 Å². The fourth-order valence-corrected chi connectivity index (χ4v) is 1.27. The summed E-state index contributed by atoms with van der Waals surface area (Å²) >= 11 is 1.62. The summed E-state index contributed by atoms with van der Waals surface area (Å²) in [5.41, 5.74) is 0. The number of nitrogens with one attached hydrogen (secondary N) is 1. The van der Waals surface area contributed by atoms with Crippen LogP contribution in [0, 0.1) is 5.88 Å². The normalized spacial score (nSPS) is 16.6. The molecule has 1 aromatic heterocycles. The van der Waals surface area contributed by atoms with E-state index in [1.54, 1.807) is 18.0 Å². The van der Waals surface area contributed by atoms with Gasteiger partial charge in [-0.25, -0.2) is 0 Å². The lowest BCUT2D eigenvalue weighted by Gasteiger charge is -2.06. The monoisotopic (exact) mass is 153 g/mol. The first kappa shape index (κ1) is 5.79. The van der Waals surface area contributed by atoms with Gasteiger partial charge in [0.15, 0.2) is 5.82 Å². The Labute approximate surface area is 62.3 Å². The second-order valence-corrected chi connectivity index (χ2v) is 2.52. The predicted octanol–water partition coefficient (Wildman–Crippen LogP) is 0.948. The minimum atomic E-state index is 0.821. The van der Waals surface area contributed by atoms with Gasteiger partial charge in [0.1, 0.15) is 5.88 Å². The topological polar surface area (TPSA) is 44.8 Å². The molecule has 1 radical (unpaired) electrons. The highest BCUT2D eigenvalue weighted by Crippen LogP contribution is 2.24. The van der Waals surface area contributed by atoms with Gasteiger partial charge in [0.2, 0.25) is 0 Å². The van der Waals surface area contributed by atoms with E-state index >= 15 is 0 Å². The van der Waals surface area contributed by atoms with Crippen LogP contribution in [0.3, 0.4) is 0 Å². The molecule has 1 N–H and O–H groups in total. The van der Waals surface area contributed by atoms with E-state index < -0.39 is 0 Å². The SMILES string of the molecule is [CH]1SC=CN1c1c[nH]nn1. The molecule has 1 aromatic rings. The van der Waals surface area contributed by atoms with E-state index in [0.29, 0.717) is 0 Å². The maximum absolute atomic E-state index is 3.82. The maximum Gasteiger partial charge on any atom is 0.175 e. The molecule has 0 aliphatic carbocycles. The molecule has 0 unspecified atom stereocenters. The fraction of sp³-hybridized carbons (Fsp3) is 0. The Balaban J connectivity index is 2.20. The van der Waals surface area contributed by atoms with Gasteiger partial charge in [-0.1, -0.05) is 5.21 Å². The van der Waals surface area contributed by atoms with E-state index in [2.05, 4.69) is 15.4 Å². The number of nitrogens with zero attached hydrogens (tertiary/aromatic N) is 3. The Morgan fingerprint density at radius 1 is 1.60 bits per heavy atom. The van der Waals surface area contributed by atoms with E-state index in [-0.39, 0.29) is 0 Å². The number of hydrogen-bond donors (Lipinski definition) is 1. The third-order valence-electron chi connectivity index (χ3n) is 1.14. The van der Waals surface area contributed by atoms with Gasteiger partial charge in [-0.05, 0) is 5.41 Å². The molecule has 0 fully saturated rings. The molecule has 4 nitrogen and oxygen atoms in total. The number of rotatable bonds is 1. The fourth-order valence-electron chi connectivity index (χ4n) is 0.689. The van der Waals surface area contributed by atoms with Crippen LogP contribution in [0.5, 0.6) is 0 Å². The lowest BCUT2D eigenvalue weighted by atomic mass is 10.6. The lowest BCUT2D eigenvalue weighted by molar-refractivity contribution is 0.935. The van der Waals surface area contributed by atoms with Crippen molar-refractivity contribution >= 4 is 17.6 Å². The zero-order chi connectivity index (χ0) is 6.81. The number of thioether (sulfide) groups is 1. The number of H-pyrrole nitrogens is 1. The van der Waals surface area contributed by atoms with Gasteiger partial charge in [0.05, 0.1) is 6.20 Å². The molecule has 0 spiro atoms. The van der Waals surface area contributed by atoms with E-state index in [0.717, 1.165) is 5.82 Å². The maximum atomic E-state index is 3.82. The van der Waals surface area contributed by atoms with Crippen LogP contribution in [0.15, 0.2) is 17.8 Å². The molecule has 10 heavy (non-hydrogen) atoms. The standard InChI is InChI=1S/C5H5N4S/c1-2-10-4-9(1)5-3-6-8-7-5/h1-4H,(H,6,7,8). The van der Waals surface area contributed by atoms with Gasteiger partial charge >= 0.3 is 0 Å². The molecule has 0 atom stereocenters. The Kier molecular flexibility index (Phi) is 1.35. The Morgan fingerprint density at radius 2 is 2.60 bits per heavy atom. The Hall–Kier alpha value is -0.970. The molecule has 2 rings (SSSR count). The van der Waals surface area contributed by atoms with Crippen molar-refractivity contribution in [1.82, 2.24) is 15.4 Å². The second-order valence-electron chi connectivity index (χ2n) is 1.77. The molecular formula is C5H5N4S. The highest BCUT2D eigenvalue weighted by Gasteiger charge is 2.09. The summed E-state index contributed by atoms with van der Waals surface area (Å²) in [6.45, 7) is 0. The first-order valence-electron chi connectivity index (χ1n) is 2.77. The first-order chi connectivity index (χ1) is 4.97. The molecular weight excluding hydrogens is 148 g/mol. The largest absolute Gasteiger partial charge is 0.314 e. The average molecular weight is 153 g/mol. The highest BCUT2D eigenvalue weighted by molar-refractivity contribution is 8.04. The molecule has 1 aliphatic heterocycles. The van der Waals surface area contributed by atoms with Gasteiger partial charge in [-0.3, -0.25) is 5.10 Å². The van der Waals surface area contributed by atoms with Gasteiger partial charge in [0.25, 0.3) is 0 Å². The van der Waals surface area contributed by atoms with Crippen LogP contribution in [0.25, 0.3) is 0 Å². The molecule has 51 valence electrons. The smallest absolute Gasteiger partial charge is 0.175 e. The summed E-state index contributed by atoms with van der Waals surface area (Å²) in [7, 11) is 0. The van der Waals surface area contributed by atoms with Crippen molar-refractivity contribution < 1.29 is 0 Å². The summed E-state index contributed by atoms with van der Waals surface area (Å²) < 4.78 is 0. The van der Waals surface area contributed by atoms with Crippen LogP contribution in [-0.4, -0.2) is 15.4 Å². The summed E-state index contributed by atoms with van der Waals surface area (Å²) in [5.74, 6) is 2.78. The van der Waals surface area contributed by atoms with Crippen molar-refractivity contribution in [3.05, 3.63) is 23.7 Å². The van der Waals surface area contributed by atoms with Crippen molar-refractivity contribution in [3.63, 3.8) is 0 Å². The third kappa shape index (κ3) is 0.881. The van der Waals surface area contributed by atoms with E-state index in [9.17, 15) is 0 Å². The molecule has 0 bridgehead atoms. The summed E-state index contributed by atoms with van der Waals surface area (Å²) in [4.78, 5) is 1.90. The Bertz CT molecular complexity index is 230. The van der Waals surface area contributed by atoms with Crippen LogP contribution in [-0.2, 0) is 0 Å². The lowest BCUT2D eigenvalue weighted by Crippen LogP contribution is -2.05. The van der Waals surface area contributed by atoms with Crippen molar-refractivity contribution in [2.24, 2.45) is 0 Å². The van der Waals surface area contributed by atoms with Crippen molar-refractivity contribution in [3.8, 4) is 0 Å². The molecule has 5 heteroatoms. The highest BCUT2D eigenvalue weighted by atomic mass is 32.2. The predicted molar refractivity (Wildman–Crippen MR) is 39.9 cm³/mol. The van der Waals surface area contributed by atoms with Crippen LogP contribution >= 0.6 is 11.8 Å². The molecule has 0 saturated carbocycles. The van der Waals surface area contributed by atoms with Crippen LogP contribution in [0.2, 0.25) is 0 Å². The third-order valence-corrected chi connectivity index (χ3v) is 1.77. The van der Waals surface area contributed by atoms with Crippen molar-refractivity contribution in [2.75, 3.05) is 4.90 Å². The van der Waals surface area contributed by atoms with E-state index in [1.807, 2.05) is 22.4 Å². The number of aromatic nitrogens is 3. The van der Waals surface area contributed by atoms with Crippen molar-refractivity contribution in [1.29, 1.82) is 0 Å². The molecule has 0 aromatic carbocycles.